The van der Waals surface area contributed by atoms with Gasteiger partial charge in [0.05, 0.1) is 22.8 Å². The van der Waals surface area contributed by atoms with Gasteiger partial charge in [-0.05, 0) is 34.9 Å². The van der Waals surface area contributed by atoms with Crippen molar-refractivity contribution in [2.24, 2.45) is 0 Å². The molecule has 4 aromatic carbocycles. The summed E-state index contributed by atoms with van der Waals surface area (Å²) in [6.07, 6.45) is 5.54. The number of nitrogens with zero attached hydrogens (tertiary/aromatic N) is 4. The van der Waals surface area contributed by atoms with Gasteiger partial charge in [-0.25, -0.2) is 9.97 Å². The molecule has 0 aliphatic rings. The minimum Gasteiger partial charge on any atom is -0.265 e. The molecule has 3 heterocycles. The van der Waals surface area contributed by atoms with Gasteiger partial charge >= 0.3 is 0 Å². The number of pyridine rings is 2. The molecule has 4 nitrogen and oxygen atoms in total. The monoisotopic (exact) mass is 538 g/mol. The molecular weight excluding hydrogens is 512 g/mol. The summed E-state index contributed by atoms with van der Waals surface area (Å²) in [5, 5.41) is 0. The third kappa shape index (κ3) is 5.09. The van der Waals surface area contributed by atoms with Crippen molar-refractivity contribution in [2.75, 3.05) is 0 Å². The first-order chi connectivity index (χ1) is 20.8. The number of hydrogen-bond donors (Lipinski definition) is 0. The number of benzene rings is 4. The minimum atomic E-state index is 0.741. The van der Waals surface area contributed by atoms with Gasteiger partial charge in [-0.3, -0.25) is 9.97 Å². The molecular formula is C38H26N4. The highest BCUT2D eigenvalue weighted by atomic mass is 14.9. The van der Waals surface area contributed by atoms with Crippen LogP contribution < -0.4 is 0 Å². The van der Waals surface area contributed by atoms with Crippen LogP contribution in [0.4, 0.5) is 0 Å². The Bertz CT molecular complexity index is 1780. The average Bonchev–Trinajstić information content (AvgIpc) is 3.09. The van der Waals surface area contributed by atoms with Crippen LogP contribution in [0.25, 0.3) is 67.4 Å². The smallest absolute Gasteiger partial charge is 0.116 e. The van der Waals surface area contributed by atoms with Gasteiger partial charge in [-0.2, -0.15) is 0 Å². The van der Waals surface area contributed by atoms with Crippen molar-refractivity contribution in [3.05, 3.63) is 158 Å². The molecule has 3 aromatic heterocycles. The number of aromatic nitrogens is 4. The van der Waals surface area contributed by atoms with E-state index in [2.05, 4.69) is 71.7 Å². The summed E-state index contributed by atoms with van der Waals surface area (Å²) in [7, 11) is 0. The van der Waals surface area contributed by atoms with Gasteiger partial charge in [0, 0.05) is 40.8 Å². The van der Waals surface area contributed by atoms with Crippen molar-refractivity contribution in [1.29, 1.82) is 0 Å². The van der Waals surface area contributed by atoms with Crippen LogP contribution in [0.15, 0.2) is 158 Å². The highest BCUT2D eigenvalue weighted by molar-refractivity contribution is 5.86. The lowest BCUT2D eigenvalue weighted by Gasteiger charge is -2.16. The number of rotatable bonds is 6. The van der Waals surface area contributed by atoms with Crippen LogP contribution in [0.2, 0.25) is 0 Å². The molecule has 0 unspecified atom stereocenters. The van der Waals surface area contributed by atoms with Gasteiger partial charge in [0.2, 0.25) is 0 Å². The lowest BCUT2D eigenvalue weighted by Crippen LogP contribution is -2.01. The summed E-state index contributed by atoms with van der Waals surface area (Å²) in [6.45, 7) is 0. The van der Waals surface area contributed by atoms with Crippen molar-refractivity contribution in [2.45, 2.75) is 0 Å². The molecule has 0 fully saturated rings. The summed E-state index contributed by atoms with van der Waals surface area (Å²) in [4.78, 5) is 19.7. The summed E-state index contributed by atoms with van der Waals surface area (Å²) in [6, 6.07) is 47.4. The Morgan fingerprint density at radius 1 is 0.310 bits per heavy atom. The van der Waals surface area contributed by atoms with Gasteiger partial charge in [-0.15, -0.1) is 0 Å². The number of hydrogen-bond acceptors (Lipinski definition) is 4. The second kappa shape index (κ2) is 11.4. The maximum absolute atomic E-state index is 5.34. The highest BCUT2D eigenvalue weighted by Gasteiger charge is 2.20. The van der Waals surface area contributed by atoms with E-state index in [1.165, 1.54) is 0 Å². The Hall–Kier alpha value is -5.74. The Labute approximate surface area is 245 Å². The molecule has 0 saturated carbocycles. The van der Waals surface area contributed by atoms with Crippen molar-refractivity contribution >= 4 is 0 Å². The molecule has 0 atom stereocenters. The molecule has 0 N–H and O–H groups in total. The lowest BCUT2D eigenvalue weighted by atomic mass is 9.99. The zero-order chi connectivity index (χ0) is 28.1. The van der Waals surface area contributed by atoms with Gasteiger partial charge in [0.15, 0.2) is 0 Å². The molecule has 0 aliphatic heterocycles. The standard InChI is InChI=1S/C38H26N4/c1-4-10-27(11-5-1)33-20-21-34(40-26-33)38-37(32-18-16-28(17-19-32)29-22-24-39-25-23-29)41-35(30-12-6-2-7-13-30)36(42-38)31-14-8-3-9-15-31/h1-26H. The average molecular weight is 539 g/mol. The summed E-state index contributed by atoms with van der Waals surface area (Å²) in [5.74, 6) is 0. The summed E-state index contributed by atoms with van der Waals surface area (Å²) in [5.41, 5.74) is 11.4. The van der Waals surface area contributed by atoms with Crippen LogP contribution in [-0.2, 0) is 0 Å². The second-order valence-electron chi connectivity index (χ2n) is 9.96. The van der Waals surface area contributed by atoms with E-state index in [4.69, 9.17) is 15.0 Å². The van der Waals surface area contributed by atoms with Gasteiger partial charge in [0.1, 0.15) is 5.69 Å². The Morgan fingerprint density at radius 2 is 0.714 bits per heavy atom. The van der Waals surface area contributed by atoms with Crippen molar-refractivity contribution < 1.29 is 0 Å². The second-order valence-corrected chi connectivity index (χ2v) is 9.96. The molecule has 42 heavy (non-hydrogen) atoms. The third-order valence-corrected chi connectivity index (χ3v) is 7.28. The minimum absolute atomic E-state index is 0.741. The van der Waals surface area contributed by atoms with Gasteiger partial charge < -0.3 is 0 Å². The fourth-order valence-electron chi connectivity index (χ4n) is 5.11. The fourth-order valence-corrected chi connectivity index (χ4v) is 5.11. The molecule has 0 aliphatic carbocycles. The van der Waals surface area contributed by atoms with E-state index >= 15 is 0 Å². The van der Waals surface area contributed by atoms with E-state index in [9.17, 15) is 0 Å². The maximum atomic E-state index is 5.34. The molecule has 0 spiro atoms. The summed E-state index contributed by atoms with van der Waals surface area (Å²) >= 11 is 0. The normalized spacial score (nSPS) is 10.9. The molecule has 7 aromatic rings. The maximum Gasteiger partial charge on any atom is 0.116 e. The van der Waals surface area contributed by atoms with E-state index < -0.39 is 0 Å². The quantitative estimate of drug-likeness (QED) is 0.212. The van der Waals surface area contributed by atoms with Crippen LogP contribution in [-0.4, -0.2) is 19.9 Å². The molecule has 0 amide bonds. The van der Waals surface area contributed by atoms with E-state index in [0.29, 0.717) is 0 Å². The van der Waals surface area contributed by atoms with Crippen LogP contribution >= 0.6 is 0 Å². The molecule has 198 valence electrons. The Kier molecular flexibility index (Phi) is 6.85. The van der Waals surface area contributed by atoms with Crippen molar-refractivity contribution in [3.8, 4) is 67.4 Å². The molecule has 7 rings (SSSR count). The zero-order valence-electron chi connectivity index (χ0n) is 22.8. The van der Waals surface area contributed by atoms with E-state index in [1.807, 2.05) is 91.4 Å². The largest absolute Gasteiger partial charge is 0.265 e. The fraction of sp³-hybridized carbons (Fsp3) is 0. The lowest BCUT2D eigenvalue weighted by molar-refractivity contribution is 1.19. The summed E-state index contributed by atoms with van der Waals surface area (Å²) < 4.78 is 0. The SMILES string of the molecule is c1ccc(-c2ccc(-c3nc(-c4ccccc4)c(-c4ccccc4)nc3-c3ccc(-c4ccncc4)cc3)nc2)cc1. The zero-order valence-corrected chi connectivity index (χ0v) is 22.8. The van der Waals surface area contributed by atoms with Gasteiger partial charge in [-0.1, -0.05) is 121 Å². The van der Waals surface area contributed by atoms with Crippen LogP contribution in [0.5, 0.6) is 0 Å². The predicted octanol–water partition coefficient (Wildman–Crippen LogP) is 9.27. The third-order valence-electron chi connectivity index (χ3n) is 7.28. The Morgan fingerprint density at radius 3 is 1.26 bits per heavy atom. The highest BCUT2D eigenvalue weighted by Crippen LogP contribution is 2.37. The van der Waals surface area contributed by atoms with Gasteiger partial charge in [0.25, 0.3) is 0 Å². The first-order valence-corrected chi connectivity index (χ1v) is 13.9. The molecule has 0 saturated heterocycles. The van der Waals surface area contributed by atoms with Crippen LogP contribution in [0, 0.1) is 0 Å². The van der Waals surface area contributed by atoms with E-state index in [0.717, 1.165) is 67.4 Å². The molecule has 0 bridgehead atoms. The Balaban J connectivity index is 1.43. The molecule has 0 radical (unpaired) electrons. The van der Waals surface area contributed by atoms with E-state index in [1.54, 1.807) is 0 Å². The van der Waals surface area contributed by atoms with Crippen LogP contribution in [0.1, 0.15) is 0 Å². The predicted molar refractivity (Wildman–Crippen MR) is 170 cm³/mol. The topological polar surface area (TPSA) is 51.6 Å². The first-order valence-electron chi connectivity index (χ1n) is 13.9. The first kappa shape index (κ1) is 25.2. The van der Waals surface area contributed by atoms with Crippen LogP contribution in [0.3, 0.4) is 0 Å². The van der Waals surface area contributed by atoms with Crippen molar-refractivity contribution in [3.63, 3.8) is 0 Å². The van der Waals surface area contributed by atoms with Crippen molar-refractivity contribution in [1.82, 2.24) is 19.9 Å². The van der Waals surface area contributed by atoms with E-state index in [-0.39, 0.29) is 0 Å². The molecule has 4 heteroatoms.